The molecule has 0 atom stereocenters. The number of carboxylic acid groups (broad SMARTS) is 1. The fraction of sp³-hybridized carbons (Fsp3) is 0.286. The van der Waals surface area contributed by atoms with Crippen molar-refractivity contribution >= 4 is 18.1 Å². The van der Waals surface area contributed by atoms with Gasteiger partial charge in [0, 0.05) is 0 Å². The van der Waals surface area contributed by atoms with E-state index in [0.29, 0.717) is 17.1 Å². The van der Waals surface area contributed by atoms with Gasteiger partial charge in [0.2, 0.25) is 0 Å². The predicted molar refractivity (Wildman–Crippen MR) is 103 cm³/mol. The van der Waals surface area contributed by atoms with Gasteiger partial charge >= 0.3 is 0 Å². The highest BCUT2D eigenvalue weighted by atomic mass is 16.5. The molecular weight excluding hydrogens is 360 g/mol. The summed E-state index contributed by atoms with van der Waals surface area (Å²) in [5, 5.41) is 14.2. The van der Waals surface area contributed by atoms with Gasteiger partial charge in [-0.2, -0.15) is 5.10 Å². The lowest BCUT2D eigenvalue weighted by molar-refractivity contribution is -0.307. The van der Waals surface area contributed by atoms with Gasteiger partial charge in [-0.15, -0.1) is 0 Å². The van der Waals surface area contributed by atoms with Crippen LogP contribution in [0.15, 0.2) is 47.6 Å². The molecule has 0 spiro atoms. The van der Waals surface area contributed by atoms with Crippen LogP contribution in [-0.4, -0.2) is 31.3 Å². The topological polar surface area (TPSA) is 100 Å². The van der Waals surface area contributed by atoms with E-state index in [1.165, 1.54) is 6.21 Å². The van der Waals surface area contributed by atoms with Crippen molar-refractivity contribution in [3.8, 4) is 11.5 Å². The van der Waals surface area contributed by atoms with Crippen LogP contribution in [0, 0.1) is 6.92 Å². The van der Waals surface area contributed by atoms with Crippen LogP contribution in [0.4, 0.5) is 0 Å². The fourth-order valence-corrected chi connectivity index (χ4v) is 2.39. The zero-order chi connectivity index (χ0) is 20.5. The molecule has 0 aliphatic heterocycles. The highest BCUT2D eigenvalue weighted by Crippen LogP contribution is 2.27. The highest BCUT2D eigenvalue weighted by molar-refractivity contribution is 5.83. The van der Waals surface area contributed by atoms with Gasteiger partial charge in [-0.1, -0.05) is 26.0 Å². The number of benzene rings is 2. The Kier molecular flexibility index (Phi) is 7.56. The summed E-state index contributed by atoms with van der Waals surface area (Å²) < 4.78 is 10.6. The summed E-state index contributed by atoms with van der Waals surface area (Å²) in [5.74, 6) is -0.280. The molecule has 0 heterocycles. The molecule has 0 aromatic heterocycles. The van der Waals surface area contributed by atoms with Gasteiger partial charge < -0.3 is 19.4 Å². The van der Waals surface area contributed by atoms with Gasteiger partial charge in [0.25, 0.3) is 5.91 Å². The number of hydrogen-bond donors (Lipinski definition) is 1. The molecule has 1 amide bonds. The van der Waals surface area contributed by atoms with E-state index < -0.39 is 12.6 Å². The molecule has 2 aromatic rings. The molecule has 0 aliphatic rings. The number of nitrogens with zero attached hydrogens (tertiary/aromatic N) is 1. The summed E-state index contributed by atoms with van der Waals surface area (Å²) in [6.45, 7) is 5.45. The number of nitrogens with one attached hydrogen (secondary N) is 1. The number of rotatable bonds is 9. The van der Waals surface area contributed by atoms with Crippen LogP contribution in [0.2, 0.25) is 0 Å². The quantitative estimate of drug-likeness (QED) is 0.525. The zero-order valence-corrected chi connectivity index (χ0v) is 16.1. The van der Waals surface area contributed by atoms with Gasteiger partial charge in [-0.25, -0.2) is 5.43 Å². The van der Waals surface area contributed by atoms with E-state index in [0.717, 1.165) is 11.1 Å². The number of amides is 1. The molecule has 0 unspecified atom stereocenters. The van der Waals surface area contributed by atoms with Crippen molar-refractivity contribution in [3.05, 3.63) is 59.2 Å². The Hall–Kier alpha value is -3.35. The number of hydrazone groups is 1. The average Bonchev–Trinajstić information content (AvgIpc) is 2.65. The van der Waals surface area contributed by atoms with Crippen LogP contribution >= 0.6 is 0 Å². The lowest BCUT2D eigenvalue weighted by atomic mass is 10.0. The number of aliphatic carboxylic acids is 1. The van der Waals surface area contributed by atoms with Crippen LogP contribution in [0.5, 0.6) is 11.5 Å². The largest absolute Gasteiger partial charge is 0.546 e. The highest BCUT2D eigenvalue weighted by Gasteiger charge is 2.10. The molecule has 28 heavy (non-hydrogen) atoms. The smallest absolute Gasteiger partial charge is 0.277 e. The Morgan fingerprint density at radius 2 is 1.82 bits per heavy atom. The minimum Gasteiger partial charge on any atom is -0.546 e. The fourth-order valence-electron chi connectivity index (χ4n) is 2.39. The Morgan fingerprint density at radius 3 is 2.46 bits per heavy atom. The molecule has 1 N–H and O–H groups in total. The molecule has 0 bridgehead atoms. The summed E-state index contributed by atoms with van der Waals surface area (Å²) in [4.78, 5) is 22.3. The third-order valence-electron chi connectivity index (χ3n) is 3.79. The van der Waals surface area contributed by atoms with Crippen molar-refractivity contribution in [1.29, 1.82) is 0 Å². The summed E-state index contributed by atoms with van der Waals surface area (Å²) in [7, 11) is 0. The van der Waals surface area contributed by atoms with Crippen LogP contribution in [0.1, 0.15) is 36.5 Å². The molecular formula is C21H23N2O5-. The molecule has 0 radical (unpaired) electrons. The molecule has 2 aromatic carbocycles. The number of hydrogen-bond acceptors (Lipinski definition) is 6. The monoisotopic (exact) mass is 383 g/mol. The number of carbonyl (C=O) groups excluding carboxylic acids is 2. The van der Waals surface area contributed by atoms with E-state index in [4.69, 9.17) is 9.47 Å². The molecule has 0 saturated heterocycles. The maximum absolute atomic E-state index is 11.9. The summed E-state index contributed by atoms with van der Waals surface area (Å²) in [6.07, 6.45) is 1.46. The third kappa shape index (κ3) is 6.75. The van der Waals surface area contributed by atoms with E-state index in [9.17, 15) is 14.7 Å². The maximum Gasteiger partial charge on any atom is 0.277 e. The summed E-state index contributed by atoms with van der Waals surface area (Å²) >= 11 is 0. The van der Waals surface area contributed by atoms with E-state index in [1.54, 1.807) is 24.3 Å². The van der Waals surface area contributed by atoms with Gasteiger partial charge in [0.05, 0.1) is 12.2 Å². The summed E-state index contributed by atoms with van der Waals surface area (Å²) in [6, 6.07) is 12.5. The lowest BCUT2D eigenvalue weighted by Gasteiger charge is -2.14. The Labute approximate surface area is 164 Å². The second-order valence-corrected chi connectivity index (χ2v) is 6.51. The first-order chi connectivity index (χ1) is 13.3. The van der Waals surface area contributed by atoms with E-state index >= 15 is 0 Å². The van der Waals surface area contributed by atoms with Crippen molar-refractivity contribution in [2.24, 2.45) is 5.10 Å². The standard InChI is InChI=1S/C21H24N2O5/c1-14(2)18-9-4-15(3)10-19(18)28-12-20(24)23-22-11-16-5-7-17(8-6-16)27-13-21(25)26/h4-11,14H,12-13H2,1-3H3,(H,23,24)(H,25,26)/p-1/b22-11-. The Morgan fingerprint density at radius 1 is 1.11 bits per heavy atom. The molecule has 0 saturated carbocycles. The molecule has 2 rings (SSSR count). The van der Waals surface area contributed by atoms with Crippen LogP contribution in [0.3, 0.4) is 0 Å². The first kappa shape index (κ1) is 21.0. The van der Waals surface area contributed by atoms with Crippen molar-refractivity contribution in [3.63, 3.8) is 0 Å². The minimum atomic E-state index is -1.29. The number of carboxylic acids is 1. The number of ether oxygens (including phenoxy) is 2. The first-order valence-electron chi connectivity index (χ1n) is 8.83. The van der Waals surface area contributed by atoms with Crippen molar-refractivity contribution < 1.29 is 24.2 Å². The normalized spacial score (nSPS) is 10.9. The Bertz CT molecular complexity index is 844. The number of aryl methyl sites for hydroxylation is 1. The van der Waals surface area contributed by atoms with Gasteiger partial charge in [0.15, 0.2) is 6.61 Å². The summed E-state index contributed by atoms with van der Waals surface area (Å²) in [5.41, 5.74) is 5.22. The second-order valence-electron chi connectivity index (χ2n) is 6.51. The first-order valence-corrected chi connectivity index (χ1v) is 8.83. The van der Waals surface area contributed by atoms with Gasteiger partial charge in [-0.05, 0) is 59.9 Å². The van der Waals surface area contributed by atoms with E-state index in [-0.39, 0.29) is 18.4 Å². The van der Waals surface area contributed by atoms with E-state index in [2.05, 4.69) is 24.4 Å². The predicted octanol–water partition coefficient (Wildman–Crippen LogP) is 1.78. The van der Waals surface area contributed by atoms with Gasteiger partial charge in [-0.3, -0.25) is 4.79 Å². The zero-order valence-electron chi connectivity index (χ0n) is 16.1. The van der Waals surface area contributed by atoms with Crippen LogP contribution in [-0.2, 0) is 9.59 Å². The maximum atomic E-state index is 11.9. The molecule has 0 aliphatic carbocycles. The Balaban J connectivity index is 1.84. The van der Waals surface area contributed by atoms with Crippen LogP contribution in [0.25, 0.3) is 0 Å². The SMILES string of the molecule is Cc1ccc(C(C)C)c(OCC(=O)N/N=C\c2ccc(OCC(=O)[O-])cc2)c1. The lowest BCUT2D eigenvalue weighted by Crippen LogP contribution is -2.28. The minimum absolute atomic E-state index is 0.142. The molecule has 148 valence electrons. The molecule has 7 nitrogen and oxygen atoms in total. The molecule has 0 fully saturated rings. The van der Waals surface area contributed by atoms with Crippen molar-refractivity contribution in [1.82, 2.24) is 5.43 Å². The van der Waals surface area contributed by atoms with Crippen molar-refractivity contribution in [2.45, 2.75) is 26.7 Å². The van der Waals surface area contributed by atoms with E-state index in [1.807, 2.05) is 25.1 Å². The average molecular weight is 383 g/mol. The second kappa shape index (κ2) is 10.1. The van der Waals surface area contributed by atoms with Crippen molar-refractivity contribution in [2.75, 3.05) is 13.2 Å². The van der Waals surface area contributed by atoms with Crippen LogP contribution < -0.4 is 20.0 Å². The molecule has 7 heteroatoms. The number of carbonyl (C=O) groups is 2. The third-order valence-corrected chi connectivity index (χ3v) is 3.79. The van der Waals surface area contributed by atoms with Gasteiger partial charge in [0.1, 0.15) is 18.1 Å².